The van der Waals surface area contributed by atoms with Gasteiger partial charge in [0.15, 0.2) is 0 Å². The van der Waals surface area contributed by atoms with E-state index >= 15 is 0 Å². The summed E-state index contributed by atoms with van der Waals surface area (Å²) in [5.74, 6) is 0. The molecule has 0 saturated heterocycles. The molecule has 0 saturated carbocycles. The van der Waals surface area contributed by atoms with Crippen LogP contribution in [0.1, 0.15) is 19.3 Å². The second-order valence-corrected chi connectivity index (χ2v) is 10.7. The van der Waals surface area contributed by atoms with Gasteiger partial charge in [-0.1, -0.05) is 40.8 Å². The lowest BCUT2D eigenvalue weighted by Gasteiger charge is -2.27. The highest BCUT2D eigenvalue weighted by molar-refractivity contribution is 14.1. The van der Waals surface area contributed by atoms with Crippen molar-refractivity contribution in [2.24, 2.45) is 0 Å². The van der Waals surface area contributed by atoms with Gasteiger partial charge in [0.2, 0.25) is 0 Å². The molecule has 2 heterocycles. The van der Waals surface area contributed by atoms with Crippen molar-refractivity contribution < 1.29 is 0 Å². The third kappa shape index (κ3) is 4.27. The Labute approximate surface area is 164 Å². The number of halogens is 1. The van der Waals surface area contributed by atoms with E-state index in [1.165, 1.54) is 45.8 Å². The van der Waals surface area contributed by atoms with E-state index in [0.717, 1.165) is 0 Å². The molecule has 0 radical (unpaired) electrons. The smallest absolute Gasteiger partial charge is 0.123 e. The molecule has 2 nitrogen and oxygen atoms in total. The van der Waals surface area contributed by atoms with Gasteiger partial charge in [-0.05, 0) is 60.1 Å². The molecule has 25 heavy (non-hydrogen) atoms. The Morgan fingerprint density at radius 3 is 1.80 bits per heavy atom. The first-order chi connectivity index (χ1) is 12.4. The molecule has 0 N–H and O–H groups in total. The predicted molar refractivity (Wildman–Crippen MR) is 118 cm³/mol. The van der Waals surface area contributed by atoms with E-state index < -0.39 is 7.26 Å². The fourth-order valence-corrected chi connectivity index (χ4v) is 8.09. The van der Waals surface area contributed by atoms with Gasteiger partial charge in [0.05, 0.1) is 18.6 Å². The van der Waals surface area contributed by atoms with Crippen LogP contribution in [0, 0.1) is 0 Å². The molecule has 0 aliphatic carbocycles. The number of rotatable bonds is 8. The van der Waals surface area contributed by atoms with Gasteiger partial charge in [0, 0.05) is 12.4 Å². The van der Waals surface area contributed by atoms with Crippen LogP contribution in [0.3, 0.4) is 0 Å². The summed E-state index contributed by atoms with van der Waals surface area (Å²) >= 11 is 2.47. The molecule has 1 aromatic carbocycles. The molecule has 0 unspecified atom stereocenters. The van der Waals surface area contributed by atoms with E-state index in [4.69, 9.17) is 0 Å². The number of alkyl halides is 1. The summed E-state index contributed by atoms with van der Waals surface area (Å²) in [6, 6.07) is 19.6. The van der Waals surface area contributed by atoms with Crippen LogP contribution in [0.2, 0.25) is 0 Å². The van der Waals surface area contributed by atoms with Crippen molar-refractivity contribution in [3.63, 3.8) is 0 Å². The van der Waals surface area contributed by atoms with Gasteiger partial charge in [0.1, 0.15) is 23.2 Å². The maximum absolute atomic E-state index is 4.45. The first-order valence-electron chi connectivity index (χ1n) is 8.69. The summed E-state index contributed by atoms with van der Waals surface area (Å²) in [5, 5.41) is 4.12. The quantitative estimate of drug-likeness (QED) is 0.217. The predicted octanol–water partition coefficient (Wildman–Crippen LogP) is 4.38. The van der Waals surface area contributed by atoms with E-state index in [1.807, 2.05) is 12.4 Å². The van der Waals surface area contributed by atoms with Gasteiger partial charge < -0.3 is 0 Å². The van der Waals surface area contributed by atoms with Gasteiger partial charge in [-0.15, -0.1) is 0 Å². The Morgan fingerprint density at radius 1 is 0.680 bits per heavy atom. The topological polar surface area (TPSA) is 25.8 Å². The summed E-state index contributed by atoms with van der Waals surface area (Å²) in [6.45, 7) is 0. The minimum atomic E-state index is -1.72. The highest BCUT2D eigenvalue weighted by atomic mass is 124. The molecular formula is C21H23IN2P+. The summed E-state index contributed by atoms with van der Waals surface area (Å²) in [4.78, 5) is 8.90. The lowest BCUT2D eigenvalue weighted by Crippen LogP contribution is -2.33. The molecule has 2 aromatic heterocycles. The number of unbranched alkanes of at least 4 members (excludes halogenated alkanes) is 2. The normalized spacial score (nSPS) is 11.4. The van der Waals surface area contributed by atoms with Gasteiger partial charge >= 0.3 is 0 Å². The molecule has 0 fully saturated rings. The summed E-state index contributed by atoms with van der Waals surface area (Å²) in [6.07, 6.45) is 12.8. The Hall–Kier alpha value is -1.32. The van der Waals surface area contributed by atoms with Crippen molar-refractivity contribution in [1.82, 2.24) is 9.97 Å². The van der Waals surface area contributed by atoms with Crippen LogP contribution in [-0.2, 0) is 0 Å². The van der Waals surface area contributed by atoms with Gasteiger partial charge in [0.25, 0.3) is 0 Å². The Kier molecular flexibility index (Phi) is 6.94. The first-order valence-corrected chi connectivity index (χ1v) is 12.2. The van der Waals surface area contributed by atoms with Crippen LogP contribution in [-0.4, -0.2) is 20.6 Å². The number of hydrogen-bond acceptors (Lipinski definition) is 2. The van der Waals surface area contributed by atoms with E-state index in [0.29, 0.717) is 0 Å². The van der Waals surface area contributed by atoms with Crippen molar-refractivity contribution in [2.45, 2.75) is 19.3 Å². The number of nitrogens with zero attached hydrogens (tertiary/aromatic N) is 2. The zero-order valence-corrected chi connectivity index (χ0v) is 17.3. The number of benzene rings is 1. The highest BCUT2D eigenvalue weighted by Gasteiger charge is 2.45. The SMILES string of the molecule is [124I]CCCCC[P+](c1ccccc1)(c1cccnc1)c1cccnc1. The van der Waals surface area contributed by atoms with Crippen LogP contribution in [0.4, 0.5) is 0 Å². The average Bonchev–Trinajstić information content (AvgIpc) is 2.70. The Balaban J connectivity index is 2.13. The summed E-state index contributed by atoms with van der Waals surface area (Å²) in [5.41, 5.74) is 0. The third-order valence-corrected chi connectivity index (χ3v) is 9.72. The molecule has 0 spiro atoms. The van der Waals surface area contributed by atoms with Crippen LogP contribution < -0.4 is 15.9 Å². The van der Waals surface area contributed by atoms with Crippen molar-refractivity contribution in [1.29, 1.82) is 0 Å². The zero-order chi connectivity index (χ0) is 17.4. The third-order valence-electron chi connectivity index (χ3n) is 4.50. The molecule has 4 heteroatoms. The van der Waals surface area contributed by atoms with Gasteiger partial charge in [-0.3, -0.25) is 9.97 Å². The van der Waals surface area contributed by atoms with Gasteiger partial charge in [-0.25, -0.2) is 0 Å². The minimum Gasteiger partial charge on any atom is -0.261 e. The van der Waals surface area contributed by atoms with E-state index in [2.05, 4.69) is 99.5 Å². The summed E-state index contributed by atoms with van der Waals surface area (Å²) in [7, 11) is -1.72. The molecule has 0 amide bonds. The fourth-order valence-electron chi connectivity index (χ4n) is 3.30. The molecule has 0 aliphatic heterocycles. The molecule has 0 aliphatic rings. The molecule has 3 aromatic rings. The molecular weight excluding hydrogens is 435 g/mol. The zero-order valence-electron chi connectivity index (χ0n) is 14.3. The molecule has 3 rings (SSSR count). The monoisotopic (exact) mass is 458 g/mol. The second kappa shape index (κ2) is 9.40. The van der Waals surface area contributed by atoms with Crippen LogP contribution in [0.15, 0.2) is 79.4 Å². The standard InChI is InChI=1S/C21H23IN2P/c22-13-5-2-6-16-25(19-9-3-1-4-10-19,20-11-7-14-23-17-20)21-12-8-15-24-18-21/h1,3-4,7-12,14-15,17-18H,2,5-6,13,16H2/q+1/i22-3. The van der Waals surface area contributed by atoms with E-state index in [-0.39, 0.29) is 0 Å². The van der Waals surface area contributed by atoms with Crippen molar-refractivity contribution in [3.05, 3.63) is 79.4 Å². The minimum absolute atomic E-state index is 1.17. The van der Waals surface area contributed by atoms with Crippen LogP contribution in [0.25, 0.3) is 0 Å². The van der Waals surface area contributed by atoms with Crippen LogP contribution >= 0.6 is 29.9 Å². The van der Waals surface area contributed by atoms with Gasteiger partial charge in [-0.2, -0.15) is 0 Å². The van der Waals surface area contributed by atoms with Crippen molar-refractivity contribution >= 4 is 45.8 Å². The average molecular weight is 458 g/mol. The number of pyridine rings is 2. The molecule has 0 bridgehead atoms. The maximum atomic E-state index is 4.45. The lowest BCUT2D eigenvalue weighted by molar-refractivity contribution is 0.789. The lowest BCUT2D eigenvalue weighted by atomic mass is 10.3. The fraction of sp³-hybridized carbons (Fsp3) is 0.238. The second-order valence-electron chi connectivity index (χ2n) is 6.04. The van der Waals surface area contributed by atoms with Crippen molar-refractivity contribution in [3.8, 4) is 0 Å². The first kappa shape index (κ1) is 18.5. The van der Waals surface area contributed by atoms with Crippen LogP contribution in [0.5, 0.6) is 0 Å². The highest BCUT2D eigenvalue weighted by Crippen LogP contribution is 2.55. The Morgan fingerprint density at radius 2 is 1.28 bits per heavy atom. The maximum Gasteiger partial charge on any atom is 0.123 e. The van der Waals surface area contributed by atoms with E-state index in [9.17, 15) is 0 Å². The largest absolute Gasteiger partial charge is 0.261 e. The summed E-state index contributed by atoms with van der Waals surface area (Å²) < 4.78 is 1.23. The Bertz CT molecular complexity index is 654. The molecule has 0 atom stereocenters. The number of aromatic nitrogens is 2. The molecule has 128 valence electrons. The van der Waals surface area contributed by atoms with E-state index in [1.54, 1.807) is 0 Å². The number of hydrogen-bond donors (Lipinski definition) is 0. The van der Waals surface area contributed by atoms with Crippen molar-refractivity contribution in [2.75, 3.05) is 10.6 Å².